The molecular weight excluding hydrogens is 242 g/mol. The Morgan fingerprint density at radius 2 is 1.89 bits per heavy atom. The van der Waals surface area contributed by atoms with Gasteiger partial charge in [-0.05, 0) is 35.4 Å². The molecule has 1 N–H and O–H groups in total. The summed E-state index contributed by atoms with van der Waals surface area (Å²) in [6, 6.07) is 15.3. The van der Waals surface area contributed by atoms with Crippen LogP contribution in [0.3, 0.4) is 0 Å². The maximum atomic E-state index is 11.6. The van der Waals surface area contributed by atoms with Crippen molar-refractivity contribution in [2.24, 2.45) is 0 Å². The minimum absolute atomic E-state index is 0.221. The maximum absolute atomic E-state index is 11.6. The molecule has 2 nitrogen and oxygen atoms in total. The molecule has 1 aromatic heterocycles. The summed E-state index contributed by atoms with van der Waals surface area (Å²) >= 11 is 1.56. The number of thiophene rings is 1. The zero-order valence-electron chi connectivity index (χ0n) is 9.44. The van der Waals surface area contributed by atoms with Crippen LogP contribution in [0.25, 0.3) is 0 Å². The fourth-order valence-electron chi connectivity index (χ4n) is 1.22. The molecule has 0 unspecified atom stereocenters. The van der Waals surface area contributed by atoms with E-state index in [-0.39, 0.29) is 5.91 Å². The number of nitrogens with one attached hydrogen (secondary N) is 1. The highest BCUT2D eigenvalue weighted by Crippen LogP contribution is 2.05. The van der Waals surface area contributed by atoms with E-state index in [0.717, 1.165) is 4.88 Å². The minimum Gasteiger partial charge on any atom is -0.280 e. The van der Waals surface area contributed by atoms with Gasteiger partial charge >= 0.3 is 0 Å². The topological polar surface area (TPSA) is 29.1 Å². The van der Waals surface area contributed by atoms with Crippen molar-refractivity contribution in [3.8, 4) is 23.8 Å². The Hall–Kier alpha value is -2.49. The number of amides is 1. The molecule has 2 aromatic rings. The first-order valence-electron chi connectivity index (χ1n) is 5.26. The van der Waals surface area contributed by atoms with Gasteiger partial charge in [0.25, 0.3) is 5.91 Å². The molecule has 0 radical (unpaired) electrons. The zero-order valence-corrected chi connectivity index (χ0v) is 10.3. The summed E-state index contributed by atoms with van der Waals surface area (Å²) in [5, 5.41) is 4.43. The summed E-state index contributed by atoms with van der Waals surface area (Å²) in [4.78, 5) is 12.5. The van der Waals surface area contributed by atoms with Gasteiger partial charge in [-0.3, -0.25) is 10.1 Å². The van der Waals surface area contributed by atoms with E-state index in [1.807, 2.05) is 23.6 Å². The molecule has 0 saturated heterocycles. The summed E-state index contributed by atoms with van der Waals surface area (Å²) in [5.41, 5.74) is 0.581. The Balaban J connectivity index is 1.91. The van der Waals surface area contributed by atoms with E-state index in [0.29, 0.717) is 5.56 Å². The molecule has 0 aliphatic heterocycles. The highest BCUT2D eigenvalue weighted by molar-refractivity contribution is 7.10. The molecule has 18 heavy (non-hydrogen) atoms. The van der Waals surface area contributed by atoms with Gasteiger partial charge in [0.2, 0.25) is 0 Å². The Kier molecular flexibility index (Phi) is 4.19. The van der Waals surface area contributed by atoms with Gasteiger partial charge in [-0.1, -0.05) is 24.3 Å². The normalized spacial score (nSPS) is 8.44. The van der Waals surface area contributed by atoms with Gasteiger partial charge in [-0.2, -0.15) is 0 Å². The largest absolute Gasteiger partial charge is 0.280 e. The maximum Gasteiger partial charge on any atom is 0.262 e. The Bertz CT molecular complexity index is 637. The standard InChI is InChI=1S/C15H9NOS/c17-15(13-7-2-1-3-8-13)16-11-5-4-9-14-10-6-12-18-14/h1-3,6-8,10,12H,(H,16,17). The molecule has 1 amide bonds. The fourth-order valence-corrected chi connectivity index (χ4v) is 1.79. The summed E-state index contributed by atoms with van der Waals surface area (Å²) in [7, 11) is 0. The zero-order chi connectivity index (χ0) is 12.6. The molecule has 0 saturated carbocycles. The number of hydrogen-bond acceptors (Lipinski definition) is 2. The molecular formula is C15H9NOS. The quantitative estimate of drug-likeness (QED) is 0.612. The van der Waals surface area contributed by atoms with E-state index in [2.05, 4.69) is 29.1 Å². The van der Waals surface area contributed by atoms with Gasteiger partial charge in [0.15, 0.2) is 0 Å². The third-order valence-corrected chi connectivity index (χ3v) is 2.83. The number of carbonyl (C=O) groups excluding carboxylic acids is 1. The molecule has 0 bridgehead atoms. The SMILES string of the molecule is O=C(NC#CC#Cc1cccs1)c1ccccc1. The van der Waals surface area contributed by atoms with Crippen LogP contribution in [0.4, 0.5) is 0 Å². The molecule has 0 aliphatic rings. The summed E-state index contributed by atoms with van der Waals surface area (Å²) < 4.78 is 0. The van der Waals surface area contributed by atoms with Gasteiger partial charge < -0.3 is 0 Å². The van der Waals surface area contributed by atoms with Gasteiger partial charge in [0.1, 0.15) is 0 Å². The highest BCUT2D eigenvalue weighted by atomic mass is 32.1. The Morgan fingerprint density at radius 3 is 2.61 bits per heavy atom. The van der Waals surface area contributed by atoms with Gasteiger partial charge in [0.05, 0.1) is 4.88 Å². The third kappa shape index (κ3) is 3.52. The van der Waals surface area contributed by atoms with E-state index in [9.17, 15) is 4.79 Å². The summed E-state index contributed by atoms with van der Waals surface area (Å²) in [6.07, 6.45) is 0. The number of carbonyl (C=O) groups is 1. The van der Waals surface area contributed by atoms with E-state index >= 15 is 0 Å². The molecule has 0 aliphatic carbocycles. The summed E-state index contributed by atoms with van der Waals surface area (Å²) in [6.45, 7) is 0. The van der Waals surface area contributed by atoms with E-state index in [4.69, 9.17) is 0 Å². The second-order valence-electron chi connectivity index (χ2n) is 3.30. The van der Waals surface area contributed by atoms with E-state index < -0.39 is 0 Å². The van der Waals surface area contributed by atoms with Crippen molar-refractivity contribution in [2.45, 2.75) is 0 Å². The van der Waals surface area contributed by atoms with Crippen molar-refractivity contribution < 1.29 is 4.79 Å². The van der Waals surface area contributed by atoms with Crippen molar-refractivity contribution in [3.63, 3.8) is 0 Å². The van der Waals surface area contributed by atoms with Crippen molar-refractivity contribution in [1.82, 2.24) is 5.32 Å². The first-order chi connectivity index (χ1) is 8.86. The lowest BCUT2D eigenvalue weighted by atomic mass is 10.2. The molecule has 0 spiro atoms. The molecule has 3 heteroatoms. The van der Waals surface area contributed by atoms with Crippen LogP contribution in [0.5, 0.6) is 0 Å². The fraction of sp³-hybridized carbons (Fsp3) is 0. The molecule has 1 aromatic carbocycles. The third-order valence-electron chi connectivity index (χ3n) is 2.04. The molecule has 1 heterocycles. The minimum atomic E-state index is -0.221. The molecule has 0 atom stereocenters. The first-order valence-corrected chi connectivity index (χ1v) is 6.14. The average Bonchev–Trinajstić information content (AvgIpc) is 2.92. The molecule has 0 fully saturated rings. The summed E-state index contributed by atoms with van der Waals surface area (Å²) in [5.74, 6) is 7.93. The first kappa shape index (κ1) is 12.0. The number of hydrogen-bond donors (Lipinski definition) is 1. The van der Waals surface area contributed by atoms with E-state index in [1.165, 1.54) is 0 Å². The second kappa shape index (κ2) is 6.30. The number of benzene rings is 1. The highest BCUT2D eigenvalue weighted by Gasteiger charge is 2.00. The second-order valence-corrected chi connectivity index (χ2v) is 4.25. The van der Waals surface area contributed by atoms with Gasteiger partial charge in [-0.25, -0.2) is 0 Å². The van der Waals surface area contributed by atoms with Crippen molar-refractivity contribution in [3.05, 3.63) is 58.3 Å². The predicted octanol–water partition coefficient (Wildman–Crippen LogP) is 2.49. The van der Waals surface area contributed by atoms with Crippen LogP contribution in [0.1, 0.15) is 15.2 Å². The molecule has 86 valence electrons. The van der Waals surface area contributed by atoms with Gasteiger partial charge in [0, 0.05) is 17.5 Å². The van der Waals surface area contributed by atoms with Crippen LogP contribution in [0, 0.1) is 23.8 Å². The van der Waals surface area contributed by atoms with Crippen LogP contribution in [0.2, 0.25) is 0 Å². The smallest absolute Gasteiger partial charge is 0.262 e. The average molecular weight is 251 g/mol. The lowest BCUT2D eigenvalue weighted by Gasteiger charge is -1.95. The molecule has 2 rings (SSSR count). The van der Waals surface area contributed by atoms with Crippen molar-refractivity contribution in [1.29, 1.82) is 0 Å². The van der Waals surface area contributed by atoms with Gasteiger partial charge in [-0.15, -0.1) is 11.3 Å². The Labute approximate surface area is 110 Å². The van der Waals surface area contributed by atoms with Crippen LogP contribution in [-0.4, -0.2) is 5.91 Å². The van der Waals surface area contributed by atoms with Crippen molar-refractivity contribution in [2.75, 3.05) is 0 Å². The monoisotopic (exact) mass is 251 g/mol. The lowest BCUT2D eigenvalue weighted by Crippen LogP contribution is -2.17. The van der Waals surface area contributed by atoms with Crippen molar-refractivity contribution >= 4 is 17.2 Å². The lowest BCUT2D eigenvalue weighted by molar-refractivity contribution is 0.0973. The predicted molar refractivity (Wildman–Crippen MR) is 72.9 cm³/mol. The van der Waals surface area contributed by atoms with Crippen LogP contribution in [-0.2, 0) is 0 Å². The van der Waals surface area contributed by atoms with Crippen LogP contribution in [0.15, 0.2) is 47.8 Å². The number of rotatable bonds is 1. The van der Waals surface area contributed by atoms with Crippen LogP contribution < -0.4 is 5.32 Å². The Morgan fingerprint density at radius 1 is 1.06 bits per heavy atom. The van der Waals surface area contributed by atoms with E-state index in [1.54, 1.807) is 35.6 Å². The van der Waals surface area contributed by atoms with Crippen LogP contribution >= 0.6 is 11.3 Å².